The summed E-state index contributed by atoms with van der Waals surface area (Å²) in [6, 6.07) is 0. The molecule has 1 aromatic heterocycles. The molecular weight excluding hydrogens is 383 g/mol. The highest BCUT2D eigenvalue weighted by atomic mass is 127. The Bertz CT molecular complexity index is 392. The summed E-state index contributed by atoms with van der Waals surface area (Å²) in [5.41, 5.74) is 0. The van der Waals surface area contributed by atoms with Crippen LogP contribution in [-0.2, 0) is 13.0 Å². The Balaban J connectivity index is 0.00000361. The van der Waals surface area contributed by atoms with Crippen LogP contribution in [0.25, 0.3) is 0 Å². The summed E-state index contributed by atoms with van der Waals surface area (Å²) in [6.45, 7) is 9.07. The number of hydrogen-bond acceptors (Lipinski definition) is 3. The molecule has 4 nitrogen and oxygen atoms in total. The highest BCUT2D eigenvalue weighted by molar-refractivity contribution is 14.0. The topological polar surface area (TPSA) is 40.5 Å². The number of aliphatic imine (C=N–C) groups is 1. The molecule has 0 aromatic carbocycles. The fraction of sp³-hybridized carbons (Fsp3) is 0.714. The number of halogens is 1. The van der Waals surface area contributed by atoms with Crippen LogP contribution in [-0.4, -0.2) is 36.0 Å². The monoisotopic (exact) mass is 410 g/mol. The second-order valence-electron chi connectivity index (χ2n) is 4.52. The molecule has 0 aliphatic carbocycles. The van der Waals surface area contributed by atoms with Crippen molar-refractivity contribution in [3.63, 3.8) is 0 Å². The van der Waals surface area contributed by atoms with Gasteiger partial charge in [0.1, 0.15) is 5.01 Å². The first-order valence-corrected chi connectivity index (χ1v) is 7.95. The van der Waals surface area contributed by atoms with Crippen molar-refractivity contribution in [1.82, 2.24) is 15.2 Å². The summed E-state index contributed by atoms with van der Waals surface area (Å²) in [5.74, 6) is 0.976. The summed E-state index contributed by atoms with van der Waals surface area (Å²) in [4.78, 5) is 12.6. The normalized spacial score (nSPS) is 11.1. The second-order valence-corrected chi connectivity index (χ2v) is 5.72. The minimum Gasteiger partial charge on any atom is -0.357 e. The van der Waals surface area contributed by atoms with Crippen molar-refractivity contribution < 1.29 is 0 Å². The standard InChI is InChI=1S/C14H26N4S.HI/c1-5-8-9-18(4)14(15-7-3)17-11-13-16-10-12(6-2)19-13;/h10H,5-9,11H2,1-4H3,(H,15,17);1H. The summed E-state index contributed by atoms with van der Waals surface area (Å²) < 4.78 is 0. The molecule has 0 fully saturated rings. The van der Waals surface area contributed by atoms with Crippen LogP contribution in [0.3, 0.4) is 0 Å². The van der Waals surface area contributed by atoms with E-state index in [4.69, 9.17) is 0 Å². The van der Waals surface area contributed by atoms with Gasteiger partial charge in [0.25, 0.3) is 0 Å². The Labute approximate surface area is 144 Å². The van der Waals surface area contributed by atoms with E-state index in [1.54, 1.807) is 11.3 Å². The van der Waals surface area contributed by atoms with Crippen LogP contribution in [0.5, 0.6) is 0 Å². The number of unbranched alkanes of at least 4 members (excludes halogenated alkanes) is 1. The van der Waals surface area contributed by atoms with Crippen LogP contribution in [0.15, 0.2) is 11.2 Å². The number of guanidine groups is 1. The van der Waals surface area contributed by atoms with Gasteiger partial charge in [0.2, 0.25) is 0 Å². The van der Waals surface area contributed by atoms with Gasteiger partial charge in [-0.25, -0.2) is 9.98 Å². The van der Waals surface area contributed by atoms with E-state index in [0.29, 0.717) is 6.54 Å². The van der Waals surface area contributed by atoms with E-state index in [1.807, 2.05) is 6.20 Å². The van der Waals surface area contributed by atoms with Crippen molar-refractivity contribution in [3.05, 3.63) is 16.1 Å². The number of nitrogens with one attached hydrogen (secondary N) is 1. The molecule has 6 heteroatoms. The van der Waals surface area contributed by atoms with Crippen molar-refractivity contribution in [3.8, 4) is 0 Å². The zero-order chi connectivity index (χ0) is 14.1. The number of hydrogen-bond donors (Lipinski definition) is 1. The highest BCUT2D eigenvalue weighted by Crippen LogP contribution is 2.14. The molecule has 0 spiro atoms. The Kier molecular flexibility index (Phi) is 11.1. The Morgan fingerprint density at radius 2 is 2.15 bits per heavy atom. The van der Waals surface area contributed by atoms with E-state index in [1.165, 1.54) is 17.7 Å². The lowest BCUT2D eigenvalue weighted by Gasteiger charge is -2.21. The van der Waals surface area contributed by atoms with E-state index < -0.39 is 0 Å². The van der Waals surface area contributed by atoms with Gasteiger partial charge in [-0.2, -0.15) is 0 Å². The van der Waals surface area contributed by atoms with Crippen molar-refractivity contribution in [2.24, 2.45) is 4.99 Å². The molecule has 1 heterocycles. The number of aromatic nitrogens is 1. The predicted molar refractivity (Wildman–Crippen MR) is 99.3 cm³/mol. The van der Waals surface area contributed by atoms with Crippen molar-refractivity contribution in [1.29, 1.82) is 0 Å². The largest absolute Gasteiger partial charge is 0.357 e. The third-order valence-corrected chi connectivity index (χ3v) is 3.98. The van der Waals surface area contributed by atoms with Gasteiger partial charge in [0.05, 0.1) is 6.54 Å². The molecule has 0 aliphatic heterocycles. The average molecular weight is 410 g/mol. The SMILES string of the molecule is CCCCN(C)C(=NCc1ncc(CC)s1)NCC.I. The summed E-state index contributed by atoms with van der Waals surface area (Å²) >= 11 is 1.76. The van der Waals surface area contributed by atoms with E-state index in [0.717, 1.165) is 30.5 Å². The minimum atomic E-state index is 0. The molecule has 1 N–H and O–H groups in total. The first kappa shape index (κ1) is 19.6. The van der Waals surface area contributed by atoms with Gasteiger partial charge in [-0.05, 0) is 19.8 Å². The van der Waals surface area contributed by atoms with Crippen molar-refractivity contribution in [2.75, 3.05) is 20.1 Å². The van der Waals surface area contributed by atoms with Crippen LogP contribution in [0.1, 0.15) is 43.5 Å². The molecule has 1 rings (SSSR count). The molecule has 20 heavy (non-hydrogen) atoms. The average Bonchev–Trinajstić information content (AvgIpc) is 2.88. The van der Waals surface area contributed by atoms with Gasteiger partial charge in [-0.15, -0.1) is 35.3 Å². The zero-order valence-corrected chi connectivity index (χ0v) is 16.1. The van der Waals surface area contributed by atoms with Gasteiger partial charge in [-0.1, -0.05) is 20.3 Å². The molecule has 0 atom stereocenters. The number of thiazole rings is 1. The molecule has 0 unspecified atom stereocenters. The molecule has 0 bridgehead atoms. The fourth-order valence-electron chi connectivity index (χ4n) is 1.70. The first-order chi connectivity index (χ1) is 9.21. The molecule has 0 amide bonds. The van der Waals surface area contributed by atoms with Gasteiger partial charge >= 0.3 is 0 Å². The molecule has 1 aromatic rings. The Hall–Kier alpha value is -0.370. The molecule has 0 saturated carbocycles. The van der Waals surface area contributed by atoms with Gasteiger partial charge < -0.3 is 10.2 Å². The lowest BCUT2D eigenvalue weighted by Crippen LogP contribution is -2.39. The van der Waals surface area contributed by atoms with Crippen LogP contribution in [0.4, 0.5) is 0 Å². The molecule has 0 saturated heterocycles. The lowest BCUT2D eigenvalue weighted by atomic mass is 10.3. The molecule has 116 valence electrons. The van der Waals surface area contributed by atoms with E-state index >= 15 is 0 Å². The van der Waals surface area contributed by atoms with Gasteiger partial charge in [0.15, 0.2) is 5.96 Å². The highest BCUT2D eigenvalue weighted by Gasteiger charge is 2.05. The first-order valence-electron chi connectivity index (χ1n) is 7.14. The van der Waals surface area contributed by atoms with E-state index in [-0.39, 0.29) is 24.0 Å². The minimum absolute atomic E-state index is 0. The predicted octanol–water partition coefficient (Wildman–Crippen LogP) is 3.52. The van der Waals surface area contributed by atoms with Crippen LogP contribution in [0.2, 0.25) is 0 Å². The van der Waals surface area contributed by atoms with Crippen molar-refractivity contribution >= 4 is 41.3 Å². The Morgan fingerprint density at radius 3 is 2.70 bits per heavy atom. The molecule has 0 aliphatic rings. The maximum atomic E-state index is 4.66. The number of nitrogens with zero attached hydrogens (tertiary/aromatic N) is 3. The van der Waals surface area contributed by atoms with E-state index in [2.05, 4.69) is 48.0 Å². The summed E-state index contributed by atoms with van der Waals surface area (Å²) in [5, 5.41) is 4.43. The van der Waals surface area contributed by atoms with Crippen LogP contribution >= 0.6 is 35.3 Å². The maximum absolute atomic E-state index is 4.66. The quantitative estimate of drug-likeness (QED) is 0.425. The number of aryl methyl sites for hydroxylation is 1. The third-order valence-electron chi connectivity index (χ3n) is 2.86. The maximum Gasteiger partial charge on any atom is 0.194 e. The molecule has 0 radical (unpaired) electrons. The zero-order valence-electron chi connectivity index (χ0n) is 13.0. The summed E-state index contributed by atoms with van der Waals surface area (Å²) in [7, 11) is 2.09. The summed E-state index contributed by atoms with van der Waals surface area (Å²) in [6.07, 6.45) is 5.41. The van der Waals surface area contributed by atoms with Crippen LogP contribution in [0, 0.1) is 0 Å². The van der Waals surface area contributed by atoms with Crippen molar-refractivity contribution in [2.45, 2.75) is 46.6 Å². The number of rotatable bonds is 7. The van der Waals surface area contributed by atoms with Crippen LogP contribution < -0.4 is 5.32 Å². The smallest absolute Gasteiger partial charge is 0.194 e. The fourth-order valence-corrected chi connectivity index (χ4v) is 2.48. The molecular formula is C14H27IN4S. The van der Waals surface area contributed by atoms with Gasteiger partial charge in [-0.3, -0.25) is 0 Å². The second kappa shape index (κ2) is 11.3. The van der Waals surface area contributed by atoms with Gasteiger partial charge in [0, 0.05) is 31.2 Å². The third kappa shape index (κ3) is 6.88. The van der Waals surface area contributed by atoms with E-state index in [9.17, 15) is 0 Å². The Morgan fingerprint density at radius 1 is 1.40 bits per heavy atom. The lowest BCUT2D eigenvalue weighted by molar-refractivity contribution is 0.465.